The average Bonchev–Trinajstić information content (AvgIpc) is 3.16. The van der Waals surface area contributed by atoms with E-state index in [4.69, 9.17) is 0 Å². The van der Waals surface area contributed by atoms with Crippen LogP contribution in [0.4, 0.5) is 11.6 Å². The van der Waals surface area contributed by atoms with E-state index in [9.17, 15) is 8.42 Å². The van der Waals surface area contributed by atoms with Crippen molar-refractivity contribution in [2.24, 2.45) is 0 Å². The lowest BCUT2D eigenvalue weighted by Gasteiger charge is -2.17. The standard InChI is InChI=1S/C18H19N5O2S/c1-13-6-7-15(14-5-4-8-20-18(13)14)26(24,25)22-16-11-19-12-17(21-16)23-9-2-3-10-23/h4-8,11-12H,2-3,9-10H2,1H3,(H,21,22). The molecule has 134 valence electrons. The number of nitrogens with zero attached hydrogens (tertiary/aromatic N) is 4. The number of benzene rings is 1. The molecule has 0 bridgehead atoms. The van der Waals surface area contributed by atoms with Gasteiger partial charge in [-0.25, -0.2) is 13.4 Å². The second kappa shape index (κ2) is 6.53. The number of nitrogens with one attached hydrogen (secondary N) is 1. The predicted octanol–water partition coefficient (Wildman–Crippen LogP) is 2.73. The second-order valence-corrected chi connectivity index (χ2v) is 7.99. The van der Waals surface area contributed by atoms with E-state index in [1.807, 2.05) is 6.92 Å². The van der Waals surface area contributed by atoms with Gasteiger partial charge in [-0.2, -0.15) is 0 Å². The quantitative estimate of drug-likeness (QED) is 0.761. The number of anilines is 2. The van der Waals surface area contributed by atoms with E-state index in [-0.39, 0.29) is 10.7 Å². The molecule has 3 aromatic rings. The summed E-state index contributed by atoms with van der Waals surface area (Å²) >= 11 is 0. The summed E-state index contributed by atoms with van der Waals surface area (Å²) in [5.74, 6) is 0.908. The molecule has 0 amide bonds. The average molecular weight is 369 g/mol. The van der Waals surface area contributed by atoms with Crippen LogP contribution >= 0.6 is 0 Å². The minimum absolute atomic E-state index is 0.180. The molecule has 26 heavy (non-hydrogen) atoms. The van der Waals surface area contributed by atoms with Crippen LogP contribution < -0.4 is 9.62 Å². The van der Waals surface area contributed by atoms with Crippen LogP contribution in [0.1, 0.15) is 18.4 Å². The van der Waals surface area contributed by atoms with E-state index < -0.39 is 10.0 Å². The van der Waals surface area contributed by atoms with Gasteiger partial charge in [-0.05, 0) is 43.5 Å². The van der Waals surface area contributed by atoms with Gasteiger partial charge in [0, 0.05) is 24.7 Å². The van der Waals surface area contributed by atoms with Gasteiger partial charge in [-0.3, -0.25) is 14.7 Å². The zero-order valence-electron chi connectivity index (χ0n) is 14.4. The summed E-state index contributed by atoms with van der Waals surface area (Å²) in [6.07, 6.45) is 6.96. The zero-order valence-corrected chi connectivity index (χ0v) is 15.2. The molecule has 0 atom stereocenters. The maximum Gasteiger partial charge on any atom is 0.263 e. The van der Waals surface area contributed by atoms with Gasteiger partial charge < -0.3 is 4.90 Å². The summed E-state index contributed by atoms with van der Waals surface area (Å²) in [5.41, 5.74) is 1.60. The number of pyridine rings is 1. The summed E-state index contributed by atoms with van der Waals surface area (Å²) < 4.78 is 28.4. The van der Waals surface area contributed by atoms with Gasteiger partial charge in [-0.15, -0.1) is 0 Å². The molecule has 1 saturated heterocycles. The Balaban J connectivity index is 1.70. The fourth-order valence-corrected chi connectivity index (χ4v) is 4.40. The molecule has 1 aliphatic rings. The Labute approximate surface area is 152 Å². The molecule has 0 unspecified atom stereocenters. The van der Waals surface area contributed by atoms with Crippen molar-refractivity contribution < 1.29 is 8.42 Å². The summed E-state index contributed by atoms with van der Waals surface area (Å²) in [6.45, 7) is 3.74. The van der Waals surface area contributed by atoms with E-state index >= 15 is 0 Å². The zero-order chi connectivity index (χ0) is 18.1. The number of hydrogen-bond acceptors (Lipinski definition) is 6. The molecular weight excluding hydrogens is 350 g/mol. The van der Waals surface area contributed by atoms with Gasteiger partial charge in [0.05, 0.1) is 22.8 Å². The van der Waals surface area contributed by atoms with Crippen molar-refractivity contribution in [3.05, 3.63) is 48.4 Å². The smallest absolute Gasteiger partial charge is 0.263 e. The number of aryl methyl sites for hydroxylation is 1. The van der Waals surface area contributed by atoms with Crippen LogP contribution in [-0.4, -0.2) is 36.5 Å². The number of sulfonamides is 1. The van der Waals surface area contributed by atoms with E-state index in [1.54, 1.807) is 36.7 Å². The third-order valence-electron chi connectivity index (χ3n) is 4.51. The molecule has 1 aromatic carbocycles. The third kappa shape index (κ3) is 3.08. The Morgan fingerprint density at radius 3 is 2.73 bits per heavy atom. The van der Waals surface area contributed by atoms with Crippen LogP contribution in [0.2, 0.25) is 0 Å². The molecule has 7 nitrogen and oxygen atoms in total. The molecule has 4 rings (SSSR count). The lowest BCUT2D eigenvalue weighted by atomic mass is 10.1. The van der Waals surface area contributed by atoms with Crippen molar-refractivity contribution in [1.82, 2.24) is 15.0 Å². The first kappa shape index (κ1) is 16.7. The van der Waals surface area contributed by atoms with Gasteiger partial charge >= 0.3 is 0 Å². The molecular formula is C18H19N5O2S. The van der Waals surface area contributed by atoms with Gasteiger partial charge in [0.2, 0.25) is 0 Å². The minimum Gasteiger partial charge on any atom is -0.355 e. The van der Waals surface area contributed by atoms with E-state index in [0.717, 1.165) is 31.5 Å². The van der Waals surface area contributed by atoms with Crippen LogP contribution in [0.15, 0.2) is 47.8 Å². The number of hydrogen-bond donors (Lipinski definition) is 1. The van der Waals surface area contributed by atoms with Crippen LogP contribution in [0.3, 0.4) is 0 Å². The van der Waals surface area contributed by atoms with Gasteiger partial charge in [0.15, 0.2) is 5.82 Å². The van der Waals surface area contributed by atoms with Crippen molar-refractivity contribution in [2.75, 3.05) is 22.7 Å². The van der Waals surface area contributed by atoms with Gasteiger partial charge in [0.25, 0.3) is 10.0 Å². The minimum atomic E-state index is -3.81. The molecule has 1 N–H and O–H groups in total. The molecule has 0 aliphatic carbocycles. The molecule has 0 radical (unpaired) electrons. The van der Waals surface area contributed by atoms with Crippen molar-refractivity contribution in [2.45, 2.75) is 24.7 Å². The van der Waals surface area contributed by atoms with Gasteiger partial charge in [0.1, 0.15) is 5.82 Å². The maximum absolute atomic E-state index is 12.9. The Morgan fingerprint density at radius 2 is 1.92 bits per heavy atom. The molecule has 3 heterocycles. The highest BCUT2D eigenvalue weighted by Crippen LogP contribution is 2.26. The molecule has 8 heteroatoms. The second-order valence-electron chi connectivity index (χ2n) is 6.34. The van der Waals surface area contributed by atoms with Crippen LogP contribution in [0, 0.1) is 6.92 Å². The Morgan fingerprint density at radius 1 is 1.12 bits per heavy atom. The third-order valence-corrected chi connectivity index (χ3v) is 5.92. The Hall–Kier alpha value is -2.74. The monoisotopic (exact) mass is 369 g/mol. The van der Waals surface area contributed by atoms with Crippen LogP contribution in [0.25, 0.3) is 10.9 Å². The Kier molecular flexibility index (Phi) is 4.20. The van der Waals surface area contributed by atoms with Crippen molar-refractivity contribution in [3.63, 3.8) is 0 Å². The van der Waals surface area contributed by atoms with Crippen LogP contribution in [-0.2, 0) is 10.0 Å². The normalized spacial score (nSPS) is 14.7. The molecule has 0 spiro atoms. The largest absolute Gasteiger partial charge is 0.355 e. The molecule has 1 aliphatic heterocycles. The van der Waals surface area contributed by atoms with E-state index in [1.165, 1.54) is 6.20 Å². The first-order valence-corrected chi connectivity index (χ1v) is 9.97. The number of aromatic nitrogens is 3. The number of fused-ring (bicyclic) bond motifs is 1. The van der Waals surface area contributed by atoms with Crippen molar-refractivity contribution in [1.29, 1.82) is 0 Å². The molecule has 1 fully saturated rings. The lowest BCUT2D eigenvalue weighted by molar-refractivity contribution is 0.602. The summed E-state index contributed by atoms with van der Waals surface area (Å²) in [6, 6.07) is 6.85. The highest BCUT2D eigenvalue weighted by atomic mass is 32.2. The fraction of sp³-hybridized carbons (Fsp3) is 0.278. The highest BCUT2D eigenvalue weighted by Gasteiger charge is 2.20. The predicted molar refractivity (Wildman–Crippen MR) is 101 cm³/mol. The SMILES string of the molecule is Cc1ccc(S(=O)(=O)Nc2cncc(N3CCCC3)n2)c2cccnc12. The number of rotatable bonds is 4. The Bertz CT molecular complexity index is 1060. The van der Waals surface area contributed by atoms with Crippen molar-refractivity contribution >= 4 is 32.6 Å². The highest BCUT2D eigenvalue weighted by molar-refractivity contribution is 7.93. The summed E-state index contributed by atoms with van der Waals surface area (Å²) in [4.78, 5) is 15.1. The lowest BCUT2D eigenvalue weighted by Crippen LogP contribution is -2.21. The van der Waals surface area contributed by atoms with E-state index in [0.29, 0.717) is 16.7 Å². The summed E-state index contributed by atoms with van der Waals surface area (Å²) in [7, 11) is -3.81. The first-order chi connectivity index (χ1) is 12.5. The topological polar surface area (TPSA) is 88.1 Å². The maximum atomic E-state index is 12.9. The summed E-state index contributed by atoms with van der Waals surface area (Å²) in [5, 5.41) is 0.587. The molecule has 2 aromatic heterocycles. The first-order valence-electron chi connectivity index (χ1n) is 8.49. The van der Waals surface area contributed by atoms with E-state index in [2.05, 4.69) is 24.6 Å². The molecule has 0 saturated carbocycles. The van der Waals surface area contributed by atoms with Crippen molar-refractivity contribution in [3.8, 4) is 0 Å². The van der Waals surface area contributed by atoms with Gasteiger partial charge in [-0.1, -0.05) is 6.07 Å². The fourth-order valence-electron chi connectivity index (χ4n) is 3.22. The van der Waals surface area contributed by atoms with Crippen LogP contribution in [0.5, 0.6) is 0 Å².